The minimum atomic E-state index is 0.656. The number of benzene rings is 3. The first-order chi connectivity index (χ1) is 15.7. The molecule has 3 aromatic carbocycles. The minimum absolute atomic E-state index is 0.656. The third-order valence-electron chi connectivity index (χ3n) is 5.06. The number of nitrogens with zero attached hydrogens (tertiary/aromatic N) is 3. The molecule has 0 spiro atoms. The van der Waals surface area contributed by atoms with Gasteiger partial charge in [-0.25, -0.2) is 9.50 Å². The molecule has 6 heteroatoms. The van der Waals surface area contributed by atoms with Crippen LogP contribution in [0.1, 0.15) is 13.8 Å². The van der Waals surface area contributed by atoms with Crippen molar-refractivity contribution in [2.75, 3.05) is 19.5 Å². The predicted octanol–water partition coefficient (Wildman–Crippen LogP) is 6.34. The number of fused-ring (bicyclic) bond motifs is 2. The summed E-state index contributed by atoms with van der Waals surface area (Å²) < 4.78 is 12.5. The molecule has 32 heavy (non-hydrogen) atoms. The molecule has 0 aliphatic carbocycles. The van der Waals surface area contributed by atoms with Crippen molar-refractivity contribution in [3.05, 3.63) is 79.0 Å². The van der Waals surface area contributed by atoms with Crippen LogP contribution in [0.15, 0.2) is 79.0 Å². The highest BCUT2D eigenvalue weighted by molar-refractivity contribution is 5.87. The van der Waals surface area contributed by atoms with Gasteiger partial charge < -0.3 is 14.8 Å². The first-order valence-electron chi connectivity index (χ1n) is 10.6. The molecule has 0 atom stereocenters. The third-order valence-corrected chi connectivity index (χ3v) is 5.06. The van der Waals surface area contributed by atoms with Gasteiger partial charge >= 0.3 is 0 Å². The number of hydrogen-bond donors (Lipinski definition) is 1. The Morgan fingerprint density at radius 3 is 2.34 bits per heavy atom. The van der Waals surface area contributed by atoms with E-state index >= 15 is 0 Å². The van der Waals surface area contributed by atoms with E-state index in [1.165, 1.54) is 10.8 Å². The molecule has 0 saturated heterocycles. The highest BCUT2D eigenvalue weighted by atomic mass is 16.5. The van der Waals surface area contributed by atoms with E-state index in [9.17, 15) is 0 Å². The molecule has 0 amide bonds. The van der Waals surface area contributed by atoms with Gasteiger partial charge in [0.15, 0.2) is 23.0 Å². The number of anilines is 2. The number of nitrogens with one attached hydrogen (secondary N) is 1. The molecule has 0 aliphatic heterocycles. The number of hydrogen-bond acceptors (Lipinski definition) is 5. The van der Waals surface area contributed by atoms with Gasteiger partial charge in [-0.2, -0.15) is 0 Å². The fourth-order valence-corrected chi connectivity index (χ4v) is 3.55. The van der Waals surface area contributed by atoms with Gasteiger partial charge in [-0.05, 0) is 41.1 Å². The van der Waals surface area contributed by atoms with Gasteiger partial charge in [0.05, 0.1) is 26.1 Å². The molecule has 2 heterocycles. The zero-order valence-corrected chi connectivity index (χ0v) is 18.7. The monoisotopic (exact) mass is 426 g/mol. The van der Waals surface area contributed by atoms with Crippen LogP contribution < -0.4 is 14.8 Å². The standard InChI is InChI=1S/C24H20N4O2.C2H6/c1-29-21-10-9-19(14-22(21)30-2)26-23-11-12-24-25-15-20(28(24)27-23)18-8-7-16-5-3-4-6-17(16)13-18;1-2/h3-15H,1-2H3,(H,26,27);1-2H3. The molecule has 5 rings (SSSR count). The predicted molar refractivity (Wildman–Crippen MR) is 130 cm³/mol. The Labute approximate surface area is 187 Å². The maximum Gasteiger partial charge on any atom is 0.162 e. The van der Waals surface area contributed by atoms with E-state index in [4.69, 9.17) is 14.6 Å². The molecule has 2 aromatic heterocycles. The van der Waals surface area contributed by atoms with Crippen molar-refractivity contribution < 1.29 is 9.47 Å². The second-order valence-corrected chi connectivity index (χ2v) is 6.89. The number of methoxy groups -OCH3 is 2. The van der Waals surface area contributed by atoms with E-state index in [0.717, 1.165) is 22.6 Å². The molecule has 5 aromatic rings. The summed E-state index contributed by atoms with van der Waals surface area (Å²) >= 11 is 0. The Morgan fingerprint density at radius 1 is 0.781 bits per heavy atom. The Balaban J connectivity index is 0.00000119. The third kappa shape index (κ3) is 4.07. The average molecular weight is 427 g/mol. The fourth-order valence-electron chi connectivity index (χ4n) is 3.55. The SMILES string of the molecule is CC.COc1ccc(Nc2ccc3ncc(-c4ccc5ccccc5c4)n3n2)cc1OC. The molecular weight excluding hydrogens is 400 g/mol. The largest absolute Gasteiger partial charge is 0.493 e. The zero-order valence-electron chi connectivity index (χ0n) is 18.7. The summed E-state index contributed by atoms with van der Waals surface area (Å²) in [6.45, 7) is 4.00. The van der Waals surface area contributed by atoms with Gasteiger partial charge in [-0.3, -0.25) is 0 Å². The van der Waals surface area contributed by atoms with Crippen LogP contribution in [0.4, 0.5) is 11.5 Å². The molecule has 6 nitrogen and oxygen atoms in total. The summed E-state index contributed by atoms with van der Waals surface area (Å²) in [7, 11) is 3.24. The normalized spacial score (nSPS) is 10.5. The highest BCUT2D eigenvalue weighted by Gasteiger charge is 2.10. The number of aromatic nitrogens is 3. The summed E-state index contributed by atoms with van der Waals surface area (Å²) in [5.74, 6) is 2.04. The quantitative estimate of drug-likeness (QED) is 0.355. The van der Waals surface area contributed by atoms with E-state index < -0.39 is 0 Å². The Hall–Kier alpha value is -4.06. The maximum atomic E-state index is 5.38. The first kappa shape index (κ1) is 21.2. The van der Waals surface area contributed by atoms with Gasteiger partial charge in [0, 0.05) is 17.3 Å². The van der Waals surface area contributed by atoms with Crippen LogP contribution in [0.25, 0.3) is 27.7 Å². The number of ether oxygens (including phenoxy) is 2. The average Bonchev–Trinajstić information content (AvgIpc) is 3.28. The maximum absolute atomic E-state index is 5.38. The van der Waals surface area contributed by atoms with Crippen molar-refractivity contribution in [2.24, 2.45) is 0 Å². The van der Waals surface area contributed by atoms with E-state index in [1.54, 1.807) is 14.2 Å². The van der Waals surface area contributed by atoms with Gasteiger partial charge in [0.25, 0.3) is 0 Å². The Morgan fingerprint density at radius 2 is 1.56 bits per heavy atom. The van der Waals surface area contributed by atoms with Crippen LogP contribution in [-0.2, 0) is 0 Å². The van der Waals surface area contributed by atoms with Crippen LogP contribution in [-0.4, -0.2) is 28.8 Å². The molecule has 0 bridgehead atoms. The summed E-state index contributed by atoms with van der Waals surface area (Å²) in [6, 6.07) is 24.2. The van der Waals surface area contributed by atoms with Crippen molar-refractivity contribution in [2.45, 2.75) is 13.8 Å². The summed E-state index contributed by atoms with van der Waals surface area (Å²) in [5, 5.41) is 10.5. The molecule has 162 valence electrons. The molecule has 0 aliphatic rings. The lowest BCUT2D eigenvalue weighted by Crippen LogP contribution is -2.01. The highest BCUT2D eigenvalue weighted by Crippen LogP contribution is 2.31. The first-order valence-corrected chi connectivity index (χ1v) is 10.6. The lowest BCUT2D eigenvalue weighted by Gasteiger charge is -2.11. The topological polar surface area (TPSA) is 60.7 Å². The van der Waals surface area contributed by atoms with Crippen LogP contribution in [0.3, 0.4) is 0 Å². The molecule has 0 radical (unpaired) electrons. The second kappa shape index (κ2) is 9.39. The lowest BCUT2D eigenvalue weighted by atomic mass is 10.1. The molecule has 0 fully saturated rings. The summed E-state index contributed by atoms with van der Waals surface area (Å²) in [4.78, 5) is 4.51. The van der Waals surface area contributed by atoms with Crippen LogP contribution in [0.5, 0.6) is 11.5 Å². The summed E-state index contributed by atoms with van der Waals surface area (Å²) in [5.41, 5.74) is 3.64. The van der Waals surface area contributed by atoms with Gasteiger partial charge in [0.1, 0.15) is 0 Å². The van der Waals surface area contributed by atoms with Crippen molar-refractivity contribution in [1.29, 1.82) is 0 Å². The van der Waals surface area contributed by atoms with E-state index in [0.29, 0.717) is 17.3 Å². The molecule has 0 saturated carbocycles. The van der Waals surface area contributed by atoms with Crippen molar-refractivity contribution >= 4 is 27.9 Å². The van der Waals surface area contributed by atoms with Gasteiger partial charge in [0.2, 0.25) is 0 Å². The number of imidazole rings is 1. The van der Waals surface area contributed by atoms with Crippen LogP contribution in [0, 0.1) is 0 Å². The van der Waals surface area contributed by atoms with Crippen molar-refractivity contribution in [3.63, 3.8) is 0 Å². The van der Waals surface area contributed by atoms with E-state index in [-0.39, 0.29) is 0 Å². The Bertz CT molecular complexity index is 1360. The van der Waals surface area contributed by atoms with Crippen LogP contribution >= 0.6 is 0 Å². The lowest BCUT2D eigenvalue weighted by molar-refractivity contribution is 0.355. The van der Waals surface area contributed by atoms with Crippen molar-refractivity contribution in [3.8, 4) is 22.8 Å². The molecule has 0 unspecified atom stereocenters. The van der Waals surface area contributed by atoms with E-state index in [2.05, 4.69) is 40.6 Å². The summed E-state index contributed by atoms with van der Waals surface area (Å²) in [6.07, 6.45) is 1.85. The van der Waals surface area contributed by atoms with Crippen molar-refractivity contribution in [1.82, 2.24) is 14.6 Å². The van der Waals surface area contributed by atoms with Crippen LogP contribution in [0.2, 0.25) is 0 Å². The Kier molecular flexibility index (Phi) is 6.22. The smallest absolute Gasteiger partial charge is 0.162 e. The number of rotatable bonds is 5. The van der Waals surface area contributed by atoms with Gasteiger partial charge in [-0.15, -0.1) is 5.10 Å². The van der Waals surface area contributed by atoms with Gasteiger partial charge in [-0.1, -0.05) is 50.2 Å². The second-order valence-electron chi connectivity index (χ2n) is 6.89. The molecular formula is C26H26N4O2. The zero-order chi connectivity index (χ0) is 22.5. The molecule has 1 N–H and O–H groups in total. The fraction of sp³-hybridized carbons (Fsp3) is 0.154. The minimum Gasteiger partial charge on any atom is -0.493 e. The van der Waals surface area contributed by atoms with E-state index in [1.807, 2.05) is 67.0 Å².